The quantitative estimate of drug-likeness (QED) is 0.303. The van der Waals surface area contributed by atoms with E-state index in [1.807, 2.05) is 12.1 Å². The Morgan fingerprint density at radius 3 is 2.51 bits per heavy atom. The first-order chi connectivity index (χ1) is 16.7. The molecule has 2 heterocycles. The van der Waals surface area contributed by atoms with Gasteiger partial charge in [0.05, 0.1) is 16.6 Å². The number of nitrogens with zero attached hydrogens (tertiary/aromatic N) is 2. The molecule has 7 nitrogen and oxygen atoms in total. The number of nitrogens with one attached hydrogen (secondary N) is 3. The van der Waals surface area contributed by atoms with Gasteiger partial charge in [0.1, 0.15) is 11.5 Å². The second-order valence-corrected chi connectivity index (χ2v) is 8.66. The fourth-order valence-corrected chi connectivity index (χ4v) is 3.52. The number of aromatic nitrogens is 3. The summed E-state index contributed by atoms with van der Waals surface area (Å²) in [5.74, 6) is -0.541. The maximum atomic E-state index is 13.5. The van der Waals surface area contributed by atoms with E-state index in [1.54, 1.807) is 44.2 Å². The van der Waals surface area contributed by atoms with E-state index in [-0.39, 0.29) is 23.9 Å². The van der Waals surface area contributed by atoms with E-state index >= 15 is 0 Å². The highest BCUT2D eigenvalue weighted by molar-refractivity contribution is 6.30. The number of amides is 2. The lowest BCUT2D eigenvalue weighted by atomic mass is 10.1. The normalized spacial score (nSPS) is 11.3. The van der Waals surface area contributed by atoms with Crippen molar-refractivity contribution in [2.24, 2.45) is 5.92 Å². The molecule has 0 aliphatic carbocycles. The lowest BCUT2D eigenvalue weighted by Crippen LogP contribution is -2.27. The van der Waals surface area contributed by atoms with Gasteiger partial charge in [0.25, 0.3) is 12.3 Å². The van der Waals surface area contributed by atoms with Gasteiger partial charge in [-0.25, -0.2) is 13.8 Å². The van der Waals surface area contributed by atoms with Gasteiger partial charge in [-0.3, -0.25) is 14.6 Å². The number of pyridine rings is 1. The van der Waals surface area contributed by atoms with Crippen LogP contribution in [0.3, 0.4) is 0 Å². The maximum Gasteiger partial charge on any atom is 0.281 e. The molecule has 180 valence electrons. The molecular formula is C25H22ClF2N5O2. The van der Waals surface area contributed by atoms with Crippen molar-refractivity contribution in [1.82, 2.24) is 20.3 Å². The average Bonchev–Trinajstić information content (AvgIpc) is 3.26. The van der Waals surface area contributed by atoms with E-state index < -0.39 is 18.0 Å². The number of alkyl halides is 2. The van der Waals surface area contributed by atoms with Crippen LogP contribution in [0, 0.1) is 5.92 Å². The molecule has 4 rings (SSSR count). The summed E-state index contributed by atoms with van der Waals surface area (Å²) < 4.78 is 27.1. The highest BCUT2D eigenvalue weighted by atomic mass is 35.5. The Morgan fingerprint density at radius 1 is 1.09 bits per heavy atom. The minimum atomic E-state index is -2.94. The van der Waals surface area contributed by atoms with Gasteiger partial charge in [0.15, 0.2) is 0 Å². The molecule has 2 amide bonds. The number of hydrogen-bond donors (Lipinski definition) is 3. The Balaban J connectivity index is 1.57. The number of rotatable bonds is 7. The van der Waals surface area contributed by atoms with Crippen molar-refractivity contribution >= 4 is 40.1 Å². The van der Waals surface area contributed by atoms with Crippen LogP contribution in [-0.2, 0) is 11.3 Å². The zero-order valence-electron chi connectivity index (χ0n) is 18.9. The third kappa shape index (κ3) is 5.63. The van der Waals surface area contributed by atoms with Crippen LogP contribution in [0.5, 0.6) is 0 Å². The highest BCUT2D eigenvalue weighted by Gasteiger charge is 2.21. The summed E-state index contributed by atoms with van der Waals surface area (Å²) in [4.78, 5) is 36.2. The van der Waals surface area contributed by atoms with Crippen molar-refractivity contribution in [3.8, 4) is 11.4 Å². The van der Waals surface area contributed by atoms with Crippen LogP contribution >= 0.6 is 11.6 Å². The highest BCUT2D eigenvalue weighted by Crippen LogP contribution is 2.26. The van der Waals surface area contributed by atoms with Gasteiger partial charge in [-0.15, -0.1) is 0 Å². The number of aromatic amines is 1. The second kappa shape index (κ2) is 10.2. The molecule has 0 fully saturated rings. The number of benzene rings is 2. The smallest absolute Gasteiger partial charge is 0.281 e. The summed E-state index contributed by atoms with van der Waals surface area (Å²) >= 11 is 5.94. The third-order valence-corrected chi connectivity index (χ3v) is 5.53. The summed E-state index contributed by atoms with van der Waals surface area (Å²) in [6.07, 6.45) is -1.71. The van der Waals surface area contributed by atoms with Crippen LogP contribution in [0.1, 0.15) is 41.9 Å². The fourth-order valence-electron chi connectivity index (χ4n) is 3.39. The molecule has 0 aliphatic heterocycles. The monoisotopic (exact) mass is 497 g/mol. The molecule has 35 heavy (non-hydrogen) atoms. The lowest BCUT2D eigenvalue weighted by Gasteiger charge is -2.12. The molecule has 10 heteroatoms. The van der Waals surface area contributed by atoms with E-state index in [1.165, 1.54) is 12.3 Å². The van der Waals surface area contributed by atoms with Crippen LogP contribution in [0.2, 0.25) is 5.02 Å². The van der Waals surface area contributed by atoms with E-state index in [0.717, 1.165) is 11.1 Å². The van der Waals surface area contributed by atoms with Gasteiger partial charge in [-0.1, -0.05) is 25.4 Å². The predicted molar refractivity (Wildman–Crippen MR) is 130 cm³/mol. The third-order valence-electron chi connectivity index (χ3n) is 5.28. The number of hydrogen-bond acceptors (Lipinski definition) is 4. The molecular weight excluding hydrogens is 476 g/mol. The topological polar surface area (TPSA) is 99.8 Å². The van der Waals surface area contributed by atoms with E-state index in [9.17, 15) is 18.4 Å². The van der Waals surface area contributed by atoms with Gasteiger partial charge in [-0.05, 0) is 54.1 Å². The fraction of sp³-hybridized carbons (Fsp3) is 0.200. The van der Waals surface area contributed by atoms with Crippen LogP contribution in [0.4, 0.5) is 14.5 Å². The molecule has 0 aliphatic rings. The van der Waals surface area contributed by atoms with Gasteiger partial charge in [-0.2, -0.15) is 0 Å². The molecule has 2 aromatic carbocycles. The molecule has 0 radical (unpaired) electrons. The number of carbonyl (C=O) groups excluding carboxylic acids is 2. The molecule has 0 spiro atoms. The summed E-state index contributed by atoms with van der Waals surface area (Å²) in [6.45, 7) is 3.54. The van der Waals surface area contributed by atoms with Crippen LogP contribution < -0.4 is 10.6 Å². The molecule has 0 saturated carbocycles. The predicted octanol–water partition coefficient (Wildman–Crippen LogP) is 5.74. The molecule has 0 unspecified atom stereocenters. The first-order valence-corrected chi connectivity index (χ1v) is 11.2. The largest absolute Gasteiger partial charge is 0.352 e. The number of imidazole rings is 1. The number of H-pyrrole nitrogens is 1. The summed E-state index contributed by atoms with van der Waals surface area (Å²) in [5, 5.41) is 5.94. The van der Waals surface area contributed by atoms with Crippen molar-refractivity contribution in [1.29, 1.82) is 0 Å². The van der Waals surface area contributed by atoms with Gasteiger partial charge >= 0.3 is 0 Å². The minimum Gasteiger partial charge on any atom is -0.352 e. The van der Waals surface area contributed by atoms with Crippen LogP contribution in [-0.4, -0.2) is 26.8 Å². The van der Waals surface area contributed by atoms with Crippen LogP contribution in [0.15, 0.2) is 54.7 Å². The van der Waals surface area contributed by atoms with E-state index in [2.05, 4.69) is 25.6 Å². The van der Waals surface area contributed by atoms with Crippen LogP contribution in [0.25, 0.3) is 22.4 Å². The molecule has 0 saturated heterocycles. The lowest BCUT2D eigenvalue weighted by molar-refractivity contribution is -0.124. The number of fused-ring (bicyclic) bond motifs is 1. The first kappa shape index (κ1) is 24.3. The maximum absolute atomic E-state index is 13.5. The van der Waals surface area contributed by atoms with E-state index in [0.29, 0.717) is 27.6 Å². The van der Waals surface area contributed by atoms with Crippen molar-refractivity contribution in [3.05, 3.63) is 76.6 Å². The molecule has 0 bridgehead atoms. The van der Waals surface area contributed by atoms with Crippen molar-refractivity contribution < 1.29 is 18.4 Å². The Bertz CT molecular complexity index is 1390. The van der Waals surface area contributed by atoms with Crippen molar-refractivity contribution in [2.45, 2.75) is 26.8 Å². The Hall–Kier alpha value is -3.85. The van der Waals surface area contributed by atoms with Crippen molar-refractivity contribution in [3.63, 3.8) is 0 Å². The number of anilines is 1. The summed E-state index contributed by atoms with van der Waals surface area (Å²) in [5.41, 5.74) is 2.09. The number of carbonyl (C=O) groups is 2. The molecule has 0 atom stereocenters. The minimum absolute atomic E-state index is 0.0700. The first-order valence-electron chi connectivity index (χ1n) is 10.8. The number of halogens is 3. The SMILES string of the molecule is CC(C)C(=O)NCc1cnc(C(F)F)c(C(=O)Nc2ccc3[nH]c(-c4ccc(Cl)cc4)nc3c2)c1. The van der Waals surface area contributed by atoms with E-state index in [4.69, 9.17) is 11.6 Å². The summed E-state index contributed by atoms with van der Waals surface area (Å²) in [7, 11) is 0. The molecule has 4 aromatic rings. The molecule has 2 aromatic heterocycles. The van der Waals surface area contributed by atoms with Gasteiger partial charge < -0.3 is 15.6 Å². The Morgan fingerprint density at radius 2 is 1.83 bits per heavy atom. The Labute approximate surface area is 204 Å². The summed E-state index contributed by atoms with van der Waals surface area (Å²) in [6, 6.07) is 13.5. The standard InChI is InChI=1S/C25H22ClF2N5O2/c1-13(2)24(34)30-12-14-9-18(21(22(27)28)29-11-14)25(35)31-17-7-8-19-20(10-17)33-23(32-19)15-3-5-16(26)6-4-15/h3-11,13,22H,12H2,1-2H3,(H,30,34)(H,31,35)(H,32,33). The Kier molecular flexibility index (Phi) is 7.07. The second-order valence-electron chi connectivity index (χ2n) is 8.23. The zero-order valence-corrected chi connectivity index (χ0v) is 19.7. The average molecular weight is 498 g/mol. The zero-order chi connectivity index (χ0) is 25.1. The molecule has 3 N–H and O–H groups in total. The van der Waals surface area contributed by atoms with Gasteiger partial charge in [0.2, 0.25) is 5.91 Å². The van der Waals surface area contributed by atoms with Crippen molar-refractivity contribution in [2.75, 3.05) is 5.32 Å². The van der Waals surface area contributed by atoms with Gasteiger partial charge in [0, 0.05) is 34.9 Å².